The average Bonchev–Trinajstić information content (AvgIpc) is 2.75. The molecule has 32 heavy (non-hydrogen) atoms. The van der Waals surface area contributed by atoms with E-state index in [2.05, 4.69) is 58.0 Å². The van der Waals surface area contributed by atoms with Crippen LogP contribution < -0.4 is 17.0 Å². The van der Waals surface area contributed by atoms with E-state index < -0.39 is 0 Å². The van der Waals surface area contributed by atoms with Crippen molar-refractivity contribution in [2.45, 2.75) is 104 Å². The van der Waals surface area contributed by atoms with Crippen molar-refractivity contribution in [2.24, 2.45) is 0 Å². The Kier molecular flexibility index (Phi) is 27.4. The summed E-state index contributed by atoms with van der Waals surface area (Å²) in [5.41, 5.74) is 1.55. The molecule has 1 aromatic carbocycles. The van der Waals surface area contributed by atoms with Crippen molar-refractivity contribution >= 4 is 12.4 Å². The van der Waals surface area contributed by atoms with Gasteiger partial charge in [-0.2, -0.15) is 0 Å². The minimum absolute atomic E-state index is 0. The molecule has 0 heterocycles. The fraction of sp³-hybridized carbons (Fsp3) is 0.786. The Labute approximate surface area is 219 Å². The van der Waals surface area contributed by atoms with Gasteiger partial charge in [-0.25, -0.2) is 0 Å². The third-order valence-electron chi connectivity index (χ3n) is 6.57. The molecule has 0 spiro atoms. The normalized spacial score (nSPS) is 11.8. The molecule has 0 radical (unpaired) electrons. The fourth-order valence-electron chi connectivity index (χ4n) is 4.59. The summed E-state index contributed by atoms with van der Waals surface area (Å²) in [6, 6.07) is 12.0. The monoisotopic (exact) mass is 534 g/mol. The summed E-state index contributed by atoms with van der Waals surface area (Å²) in [4.78, 5) is 2.00. The van der Waals surface area contributed by atoms with E-state index in [0.29, 0.717) is 6.04 Å². The number of hydrogen-bond donors (Lipinski definition) is 0. The van der Waals surface area contributed by atoms with Crippen LogP contribution in [-0.2, 0) is 0 Å². The van der Waals surface area contributed by atoms with Gasteiger partial charge in [0.15, 0.2) is 0 Å². The summed E-state index contributed by atoms with van der Waals surface area (Å²) in [6.07, 6.45) is 15.6. The number of hydrogen-bond acceptors (Lipinski definition) is 1. The average molecular weight is 536 g/mol. The summed E-state index contributed by atoms with van der Waals surface area (Å²) >= 11 is 0. The van der Waals surface area contributed by atoms with Gasteiger partial charge in [0, 0.05) is 12.0 Å². The highest BCUT2D eigenvalue weighted by Crippen LogP contribution is 2.33. The Morgan fingerprint density at radius 1 is 0.656 bits per heavy atom. The van der Waals surface area contributed by atoms with Crippen LogP contribution in [0.1, 0.15) is 110 Å². The van der Waals surface area contributed by atoms with Crippen LogP contribution in [0.2, 0.25) is 0 Å². The van der Waals surface area contributed by atoms with E-state index in [4.69, 9.17) is 0 Å². The van der Waals surface area contributed by atoms with E-state index in [-0.39, 0.29) is 29.4 Å². The number of benzene rings is 1. The van der Waals surface area contributed by atoms with Gasteiger partial charge in [-0.05, 0) is 48.3 Å². The molecule has 2 nitrogen and oxygen atoms in total. The van der Waals surface area contributed by atoms with Crippen LogP contribution in [0.4, 0.5) is 0 Å². The summed E-state index contributed by atoms with van der Waals surface area (Å²) in [6.45, 7) is 13.1. The molecule has 0 saturated carbocycles. The molecule has 0 saturated heterocycles. The number of quaternary nitrogens is 1. The van der Waals surface area contributed by atoms with Crippen molar-refractivity contribution in [2.75, 3.05) is 40.8 Å². The lowest BCUT2D eigenvalue weighted by atomic mass is 9.95. The lowest BCUT2D eigenvalue weighted by Gasteiger charge is -2.43. The first-order valence-electron chi connectivity index (χ1n) is 13.0. The SMILES string of the molecule is CCCCCCCCCCCCC(c1ccccc1)[N+](CC)(CC)CC.CN(C)C.Cl.[Br-]. The first kappa shape index (κ1) is 36.5. The van der Waals surface area contributed by atoms with Crippen LogP contribution in [0, 0.1) is 0 Å². The number of rotatable bonds is 16. The molecule has 1 aromatic rings. The van der Waals surface area contributed by atoms with Gasteiger partial charge in [-0.15, -0.1) is 12.4 Å². The molecule has 1 atom stereocenters. The van der Waals surface area contributed by atoms with Gasteiger partial charge >= 0.3 is 0 Å². The fourth-order valence-corrected chi connectivity index (χ4v) is 4.59. The van der Waals surface area contributed by atoms with Crippen LogP contribution >= 0.6 is 12.4 Å². The van der Waals surface area contributed by atoms with Gasteiger partial charge in [-0.3, -0.25) is 0 Å². The lowest BCUT2D eigenvalue weighted by molar-refractivity contribution is -0.953. The zero-order valence-electron chi connectivity index (χ0n) is 22.5. The molecule has 4 heteroatoms. The topological polar surface area (TPSA) is 3.24 Å². The van der Waals surface area contributed by atoms with Crippen LogP contribution in [0.25, 0.3) is 0 Å². The van der Waals surface area contributed by atoms with Crippen molar-refractivity contribution in [1.82, 2.24) is 4.90 Å². The maximum atomic E-state index is 2.38. The lowest BCUT2D eigenvalue weighted by Crippen LogP contribution is -3.00. The van der Waals surface area contributed by atoms with Gasteiger partial charge in [-0.1, -0.05) is 95.0 Å². The molecule has 0 aromatic heterocycles. The first-order valence-corrected chi connectivity index (χ1v) is 13.0. The minimum Gasteiger partial charge on any atom is -1.00 e. The van der Waals surface area contributed by atoms with Crippen LogP contribution in [0.3, 0.4) is 0 Å². The molecule has 0 aliphatic rings. The molecular formula is C28H56BrClN2. The number of unbranched alkanes of at least 4 members (excludes halogenated alkanes) is 9. The summed E-state index contributed by atoms with van der Waals surface area (Å²) in [7, 11) is 6.00. The Balaban J connectivity index is -0.00000129. The zero-order chi connectivity index (χ0) is 22.7. The van der Waals surface area contributed by atoms with E-state index in [9.17, 15) is 0 Å². The molecular weight excluding hydrogens is 480 g/mol. The van der Waals surface area contributed by atoms with E-state index in [0.717, 1.165) is 0 Å². The molecule has 0 N–H and O–H groups in total. The smallest absolute Gasteiger partial charge is 0.115 e. The second kappa shape index (κ2) is 24.0. The van der Waals surface area contributed by atoms with Crippen LogP contribution in [0.15, 0.2) is 30.3 Å². The van der Waals surface area contributed by atoms with Gasteiger partial charge < -0.3 is 26.4 Å². The number of halogens is 2. The molecule has 0 aliphatic heterocycles. The molecule has 0 bridgehead atoms. The summed E-state index contributed by atoms with van der Waals surface area (Å²) < 4.78 is 1.24. The largest absolute Gasteiger partial charge is 1.00 e. The Bertz CT molecular complexity index is 467. The Morgan fingerprint density at radius 2 is 1.03 bits per heavy atom. The second-order valence-corrected chi connectivity index (χ2v) is 9.41. The van der Waals surface area contributed by atoms with Crippen molar-refractivity contribution in [3.63, 3.8) is 0 Å². The Hall–Kier alpha value is -0.0900. The standard InChI is InChI=1S/C25H46N.C3H9N.BrH.ClH/c1-5-9-10-11-12-13-14-15-16-20-23-25(24-21-18-17-19-22-24)26(6-2,7-3)8-4;1-4(2)3;;/h17-19,21-22,25H,5-16,20,23H2,1-4H3;1-3H3;2*1H/q+1;;;/p-1. The van der Waals surface area contributed by atoms with Crippen molar-refractivity contribution in [3.8, 4) is 0 Å². The zero-order valence-corrected chi connectivity index (χ0v) is 24.9. The van der Waals surface area contributed by atoms with Gasteiger partial charge in [0.25, 0.3) is 0 Å². The number of nitrogens with zero attached hydrogens (tertiary/aromatic N) is 2. The van der Waals surface area contributed by atoms with E-state index >= 15 is 0 Å². The molecule has 0 aliphatic carbocycles. The molecule has 1 unspecified atom stereocenters. The van der Waals surface area contributed by atoms with Crippen molar-refractivity contribution in [3.05, 3.63) is 35.9 Å². The second-order valence-electron chi connectivity index (χ2n) is 9.41. The van der Waals surface area contributed by atoms with Gasteiger partial charge in [0.2, 0.25) is 0 Å². The predicted molar refractivity (Wildman–Crippen MR) is 144 cm³/mol. The van der Waals surface area contributed by atoms with E-state index in [1.165, 1.54) is 94.7 Å². The highest BCUT2D eigenvalue weighted by molar-refractivity contribution is 5.85. The third-order valence-corrected chi connectivity index (χ3v) is 6.57. The van der Waals surface area contributed by atoms with E-state index in [1.54, 1.807) is 5.56 Å². The maximum absolute atomic E-state index is 2.38. The quantitative estimate of drug-likeness (QED) is 0.199. The third kappa shape index (κ3) is 16.5. The predicted octanol–water partition coefficient (Wildman–Crippen LogP) is 5.52. The van der Waals surface area contributed by atoms with E-state index in [1.807, 2.05) is 26.0 Å². The first-order chi connectivity index (χ1) is 14.5. The van der Waals surface area contributed by atoms with Gasteiger partial charge in [0.1, 0.15) is 6.04 Å². The molecule has 0 amide bonds. The summed E-state index contributed by atoms with van der Waals surface area (Å²) in [5.74, 6) is 0. The summed E-state index contributed by atoms with van der Waals surface area (Å²) in [5, 5.41) is 0. The highest BCUT2D eigenvalue weighted by Gasteiger charge is 2.32. The molecule has 192 valence electrons. The highest BCUT2D eigenvalue weighted by atomic mass is 79.9. The van der Waals surface area contributed by atoms with Crippen molar-refractivity contribution in [1.29, 1.82) is 0 Å². The maximum Gasteiger partial charge on any atom is 0.115 e. The minimum atomic E-state index is 0. The van der Waals surface area contributed by atoms with Crippen LogP contribution in [-0.4, -0.2) is 50.2 Å². The van der Waals surface area contributed by atoms with Crippen molar-refractivity contribution < 1.29 is 21.5 Å². The van der Waals surface area contributed by atoms with Crippen LogP contribution in [0.5, 0.6) is 0 Å². The molecule has 0 fully saturated rings. The van der Waals surface area contributed by atoms with Gasteiger partial charge in [0.05, 0.1) is 19.6 Å². The molecule has 1 rings (SSSR count). The Morgan fingerprint density at radius 3 is 1.41 bits per heavy atom.